The van der Waals surface area contributed by atoms with Gasteiger partial charge in [-0.1, -0.05) is 0 Å². The molecule has 2 aromatic rings. The van der Waals surface area contributed by atoms with Crippen molar-refractivity contribution in [2.24, 2.45) is 5.10 Å². The zero-order valence-electron chi connectivity index (χ0n) is 11.8. The van der Waals surface area contributed by atoms with E-state index in [1.807, 2.05) is 0 Å². The van der Waals surface area contributed by atoms with Gasteiger partial charge in [0.1, 0.15) is 0 Å². The van der Waals surface area contributed by atoms with Gasteiger partial charge >= 0.3 is 0 Å². The number of ether oxygens (including phenoxy) is 2. The van der Waals surface area contributed by atoms with Crippen LogP contribution in [0.1, 0.15) is 30.1 Å². The van der Waals surface area contributed by atoms with E-state index >= 15 is 0 Å². The Morgan fingerprint density at radius 3 is 2.87 bits per heavy atom. The second-order valence-corrected chi connectivity index (χ2v) is 5.63. The Labute approximate surface area is 134 Å². The fourth-order valence-corrected chi connectivity index (χ4v) is 2.54. The molecule has 118 valence electrons. The maximum atomic E-state index is 11.2. The molecular weight excluding hydrogens is 322 g/mol. The molecule has 1 N–H and O–H groups in total. The molecule has 0 saturated heterocycles. The van der Waals surface area contributed by atoms with E-state index in [4.69, 9.17) is 21.7 Å². The number of nitrogens with zero attached hydrogens (tertiary/aromatic N) is 4. The van der Waals surface area contributed by atoms with E-state index in [0.717, 1.165) is 18.7 Å². The molecule has 1 fully saturated rings. The summed E-state index contributed by atoms with van der Waals surface area (Å²) in [6.45, 7) is 0.0473. The van der Waals surface area contributed by atoms with Crippen LogP contribution in [-0.2, 0) is 0 Å². The molecule has 0 atom stereocenters. The number of benzene rings is 1. The molecule has 1 aliphatic heterocycles. The predicted molar refractivity (Wildman–Crippen MR) is 81.6 cm³/mol. The molecule has 1 saturated carbocycles. The van der Waals surface area contributed by atoms with E-state index < -0.39 is 4.92 Å². The first kappa shape index (κ1) is 13.9. The highest BCUT2D eigenvalue weighted by molar-refractivity contribution is 7.71. The standard InChI is InChI=1S/C13H11N5O4S/c19-18(20)9-4-11-10(21-6-22-11)3-8(9)5-14-17-12(7-1-2-7)15-16-13(17)23/h3-5,7H,1-2,6H2,(H,16,23)/b14-5-. The zero-order chi connectivity index (χ0) is 16.0. The highest BCUT2D eigenvalue weighted by atomic mass is 32.1. The van der Waals surface area contributed by atoms with Gasteiger partial charge in [-0.2, -0.15) is 14.9 Å². The van der Waals surface area contributed by atoms with Crippen molar-refractivity contribution in [1.82, 2.24) is 14.9 Å². The first-order chi connectivity index (χ1) is 11.1. The van der Waals surface area contributed by atoms with Crippen molar-refractivity contribution in [3.05, 3.63) is 38.4 Å². The quantitative estimate of drug-likeness (QED) is 0.398. The van der Waals surface area contributed by atoms with Gasteiger partial charge in [-0.05, 0) is 31.1 Å². The van der Waals surface area contributed by atoms with E-state index in [9.17, 15) is 10.1 Å². The summed E-state index contributed by atoms with van der Waals surface area (Å²) >= 11 is 5.15. The molecule has 10 heteroatoms. The monoisotopic (exact) mass is 333 g/mol. The Morgan fingerprint density at radius 2 is 2.17 bits per heavy atom. The van der Waals surface area contributed by atoms with Crippen LogP contribution < -0.4 is 9.47 Å². The highest BCUT2D eigenvalue weighted by Gasteiger charge is 2.29. The van der Waals surface area contributed by atoms with Crippen LogP contribution >= 0.6 is 12.2 Å². The number of rotatable bonds is 4. The number of hydrogen-bond donors (Lipinski definition) is 1. The molecule has 23 heavy (non-hydrogen) atoms. The third-order valence-electron chi connectivity index (χ3n) is 3.65. The topological polar surface area (TPSA) is 108 Å². The lowest BCUT2D eigenvalue weighted by Gasteiger charge is -2.01. The van der Waals surface area contributed by atoms with Crippen LogP contribution in [-0.4, -0.2) is 32.8 Å². The summed E-state index contributed by atoms with van der Waals surface area (Å²) in [4.78, 5) is 10.8. The van der Waals surface area contributed by atoms with Gasteiger partial charge in [-0.3, -0.25) is 15.2 Å². The summed E-state index contributed by atoms with van der Waals surface area (Å²) in [5, 5.41) is 22.4. The molecule has 1 aliphatic carbocycles. The SMILES string of the molecule is O=[N+]([O-])c1cc2c(cc1/C=N\n1c(C3CC3)n[nH]c1=S)OCO2. The molecule has 0 bridgehead atoms. The van der Waals surface area contributed by atoms with E-state index in [0.29, 0.717) is 27.8 Å². The Bertz CT molecular complexity index is 883. The number of nitrogens with one attached hydrogen (secondary N) is 1. The van der Waals surface area contributed by atoms with E-state index in [1.54, 1.807) is 0 Å². The van der Waals surface area contributed by atoms with Crippen molar-refractivity contribution in [2.75, 3.05) is 6.79 Å². The van der Waals surface area contributed by atoms with Gasteiger partial charge in [-0.15, -0.1) is 0 Å². The van der Waals surface area contributed by atoms with Gasteiger partial charge in [0, 0.05) is 5.92 Å². The van der Waals surface area contributed by atoms with Crippen LogP contribution in [0.4, 0.5) is 5.69 Å². The highest BCUT2D eigenvalue weighted by Crippen LogP contribution is 2.39. The Kier molecular flexibility index (Phi) is 3.11. The number of nitro groups is 1. The maximum Gasteiger partial charge on any atom is 0.282 e. The molecule has 4 rings (SSSR count). The van der Waals surface area contributed by atoms with Crippen LogP contribution in [0.15, 0.2) is 17.2 Å². The van der Waals surface area contributed by atoms with Crippen molar-refractivity contribution < 1.29 is 14.4 Å². The summed E-state index contributed by atoms with van der Waals surface area (Å²) < 4.78 is 12.3. The second kappa shape index (κ2) is 5.16. The molecule has 2 aliphatic rings. The lowest BCUT2D eigenvalue weighted by Crippen LogP contribution is -1.99. The van der Waals surface area contributed by atoms with E-state index in [-0.39, 0.29) is 12.5 Å². The molecule has 0 unspecified atom stereocenters. The largest absolute Gasteiger partial charge is 0.454 e. The maximum absolute atomic E-state index is 11.2. The molecule has 0 amide bonds. The van der Waals surface area contributed by atoms with Crippen molar-refractivity contribution in [1.29, 1.82) is 0 Å². The van der Waals surface area contributed by atoms with E-state index in [1.165, 1.54) is 23.0 Å². The number of nitro benzene ring substituents is 1. The molecular formula is C13H11N5O4S. The summed E-state index contributed by atoms with van der Waals surface area (Å²) in [5.74, 6) is 1.89. The molecule has 1 aromatic heterocycles. The van der Waals surface area contributed by atoms with Crippen LogP contribution in [0, 0.1) is 14.9 Å². The van der Waals surface area contributed by atoms with Gasteiger partial charge in [-0.25, -0.2) is 0 Å². The van der Waals surface area contributed by atoms with Crippen molar-refractivity contribution >= 4 is 24.1 Å². The second-order valence-electron chi connectivity index (χ2n) is 5.24. The number of aromatic amines is 1. The van der Waals surface area contributed by atoms with Gasteiger partial charge in [0.2, 0.25) is 11.6 Å². The van der Waals surface area contributed by atoms with Crippen molar-refractivity contribution in [2.45, 2.75) is 18.8 Å². The minimum Gasteiger partial charge on any atom is -0.454 e. The molecule has 0 radical (unpaired) electrons. The third kappa shape index (κ3) is 2.46. The van der Waals surface area contributed by atoms with Gasteiger partial charge in [0.25, 0.3) is 5.69 Å². The fraction of sp³-hybridized carbons (Fsp3) is 0.308. The smallest absolute Gasteiger partial charge is 0.282 e. The first-order valence-corrected chi connectivity index (χ1v) is 7.34. The number of hydrogen-bond acceptors (Lipinski definition) is 7. The van der Waals surface area contributed by atoms with Gasteiger partial charge < -0.3 is 9.47 Å². The third-order valence-corrected chi connectivity index (χ3v) is 3.91. The summed E-state index contributed by atoms with van der Waals surface area (Å²) in [6.07, 6.45) is 3.47. The minimum absolute atomic E-state index is 0.0473. The first-order valence-electron chi connectivity index (χ1n) is 6.93. The minimum atomic E-state index is -0.486. The average Bonchev–Trinajstić information content (AvgIpc) is 3.15. The van der Waals surface area contributed by atoms with Crippen LogP contribution in [0.3, 0.4) is 0 Å². The van der Waals surface area contributed by atoms with Gasteiger partial charge in [0.05, 0.1) is 22.8 Å². The fourth-order valence-electron chi connectivity index (χ4n) is 2.35. The van der Waals surface area contributed by atoms with Crippen LogP contribution in [0.5, 0.6) is 11.5 Å². The number of H-pyrrole nitrogens is 1. The van der Waals surface area contributed by atoms with Crippen molar-refractivity contribution in [3.63, 3.8) is 0 Å². The Balaban J connectivity index is 1.75. The van der Waals surface area contributed by atoms with Crippen molar-refractivity contribution in [3.8, 4) is 11.5 Å². The zero-order valence-corrected chi connectivity index (χ0v) is 12.6. The lowest BCUT2D eigenvalue weighted by atomic mass is 10.1. The van der Waals surface area contributed by atoms with E-state index in [2.05, 4.69) is 15.3 Å². The Hall–Kier alpha value is -2.75. The normalized spacial score (nSPS) is 16.2. The van der Waals surface area contributed by atoms with Crippen LogP contribution in [0.25, 0.3) is 0 Å². The van der Waals surface area contributed by atoms with Crippen LogP contribution in [0.2, 0.25) is 0 Å². The summed E-state index contributed by atoms with van der Waals surface area (Å²) in [6, 6.07) is 2.87. The molecule has 0 spiro atoms. The predicted octanol–water partition coefficient (Wildman–Crippen LogP) is 2.34. The molecule has 2 heterocycles. The lowest BCUT2D eigenvalue weighted by molar-refractivity contribution is -0.385. The summed E-state index contributed by atoms with van der Waals surface area (Å²) in [5.41, 5.74) is 0.199. The summed E-state index contributed by atoms with van der Waals surface area (Å²) in [7, 11) is 0. The van der Waals surface area contributed by atoms with Gasteiger partial charge in [0.15, 0.2) is 17.3 Å². The number of fused-ring (bicyclic) bond motifs is 1. The number of aromatic nitrogens is 3. The molecule has 9 nitrogen and oxygen atoms in total. The Morgan fingerprint density at radius 1 is 1.43 bits per heavy atom. The molecule has 1 aromatic carbocycles. The average molecular weight is 333 g/mol.